The Labute approximate surface area is 102 Å². The van der Waals surface area contributed by atoms with Crippen LogP contribution in [0, 0.1) is 17.1 Å². The third kappa shape index (κ3) is 2.77. The summed E-state index contributed by atoms with van der Waals surface area (Å²) in [5, 5.41) is 18.2. The molecule has 2 aromatic rings. The number of nitrogens with zero attached hydrogens (tertiary/aromatic N) is 1. The van der Waals surface area contributed by atoms with Gasteiger partial charge < -0.3 is 5.11 Å². The first kappa shape index (κ1) is 11.5. The van der Waals surface area contributed by atoms with Crippen molar-refractivity contribution in [3.8, 4) is 11.8 Å². The van der Waals surface area contributed by atoms with E-state index in [1.807, 2.05) is 12.1 Å². The number of hydrogen-bond acceptors (Lipinski definition) is 3. The predicted octanol–water partition coefficient (Wildman–Crippen LogP) is 3.55. The van der Waals surface area contributed by atoms with E-state index in [-0.39, 0.29) is 5.75 Å². The van der Waals surface area contributed by atoms with E-state index in [9.17, 15) is 9.50 Å². The predicted molar refractivity (Wildman–Crippen MR) is 63.3 cm³/mol. The van der Waals surface area contributed by atoms with Gasteiger partial charge in [0, 0.05) is 9.79 Å². The maximum Gasteiger partial charge on any atom is 0.124 e. The zero-order chi connectivity index (χ0) is 12.3. The minimum atomic E-state index is -0.429. The molecule has 0 amide bonds. The van der Waals surface area contributed by atoms with Crippen LogP contribution in [0.2, 0.25) is 0 Å². The van der Waals surface area contributed by atoms with Crippen LogP contribution >= 0.6 is 11.8 Å². The molecule has 1 N–H and O–H groups in total. The Morgan fingerprint density at radius 3 is 2.71 bits per heavy atom. The molecule has 0 spiro atoms. The quantitative estimate of drug-likeness (QED) is 0.879. The van der Waals surface area contributed by atoms with Crippen LogP contribution in [-0.2, 0) is 0 Å². The van der Waals surface area contributed by atoms with E-state index in [2.05, 4.69) is 0 Å². The molecule has 0 saturated carbocycles. The third-order valence-electron chi connectivity index (χ3n) is 2.11. The number of phenolic OH excluding ortho intramolecular Hbond substituents is 1. The Hall–Kier alpha value is -1.99. The van der Waals surface area contributed by atoms with Gasteiger partial charge in [0.25, 0.3) is 0 Å². The van der Waals surface area contributed by atoms with Gasteiger partial charge in [0.1, 0.15) is 17.6 Å². The average Bonchev–Trinajstić information content (AvgIpc) is 2.31. The first-order chi connectivity index (χ1) is 8.19. The van der Waals surface area contributed by atoms with Crippen LogP contribution in [0.1, 0.15) is 5.56 Å². The van der Waals surface area contributed by atoms with Crippen LogP contribution in [0.3, 0.4) is 0 Å². The first-order valence-electron chi connectivity index (χ1n) is 4.85. The zero-order valence-corrected chi connectivity index (χ0v) is 9.54. The van der Waals surface area contributed by atoms with Gasteiger partial charge in [-0.05, 0) is 36.4 Å². The summed E-state index contributed by atoms with van der Waals surface area (Å²) in [5.74, 6) is -0.266. The fraction of sp³-hybridized carbons (Fsp3) is 0. The van der Waals surface area contributed by atoms with Crippen molar-refractivity contribution in [2.24, 2.45) is 0 Å². The summed E-state index contributed by atoms with van der Waals surface area (Å²) in [7, 11) is 0. The molecule has 0 bridgehead atoms. The molecule has 0 aromatic heterocycles. The van der Waals surface area contributed by atoms with Crippen molar-refractivity contribution in [2.45, 2.75) is 9.79 Å². The lowest BCUT2D eigenvalue weighted by Crippen LogP contribution is -1.83. The van der Waals surface area contributed by atoms with Crippen LogP contribution in [0.25, 0.3) is 0 Å². The Morgan fingerprint density at radius 1 is 1.18 bits per heavy atom. The summed E-state index contributed by atoms with van der Waals surface area (Å²) in [6.07, 6.45) is 0. The molecule has 0 atom stereocenters. The van der Waals surface area contributed by atoms with E-state index in [0.29, 0.717) is 10.5 Å². The van der Waals surface area contributed by atoms with Crippen LogP contribution < -0.4 is 0 Å². The van der Waals surface area contributed by atoms with Crippen molar-refractivity contribution in [2.75, 3.05) is 0 Å². The summed E-state index contributed by atoms with van der Waals surface area (Å²) < 4.78 is 12.9. The smallest absolute Gasteiger partial charge is 0.124 e. The molecule has 4 heteroatoms. The largest absolute Gasteiger partial charge is 0.508 e. The van der Waals surface area contributed by atoms with Crippen LogP contribution in [0.4, 0.5) is 4.39 Å². The number of hydrogen-bond donors (Lipinski definition) is 1. The lowest BCUT2D eigenvalue weighted by Gasteiger charge is -2.04. The monoisotopic (exact) mass is 245 g/mol. The van der Waals surface area contributed by atoms with Gasteiger partial charge in [-0.1, -0.05) is 17.8 Å². The SMILES string of the molecule is N#Cc1cc(F)ccc1Sc1cccc(O)c1. The molecule has 2 aromatic carbocycles. The maximum absolute atomic E-state index is 12.9. The van der Waals surface area contributed by atoms with E-state index >= 15 is 0 Å². The van der Waals surface area contributed by atoms with Gasteiger partial charge in [-0.3, -0.25) is 0 Å². The standard InChI is InChI=1S/C13H8FNOS/c14-10-4-5-13(9(6-10)8-15)17-12-3-1-2-11(16)7-12/h1-7,16H. The number of halogens is 1. The van der Waals surface area contributed by atoms with Gasteiger partial charge in [0.2, 0.25) is 0 Å². The van der Waals surface area contributed by atoms with Crippen LogP contribution in [-0.4, -0.2) is 5.11 Å². The molecule has 0 fully saturated rings. The molecule has 0 radical (unpaired) electrons. The van der Waals surface area contributed by atoms with E-state index in [4.69, 9.17) is 5.26 Å². The number of aromatic hydroxyl groups is 1. The summed E-state index contributed by atoms with van der Waals surface area (Å²) in [5.41, 5.74) is 0.290. The van der Waals surface area contributed by atoms with Crippen molar-refractivity contribution < 1.29 is 9.50 Å². The first-order valence-corrected chi connectivity index (χ1v) is 5.67. The van der Waals surface area contributed by atoms with Gasteiger partial charge in [-0.15, -0.1) is 0 Å². The topological polar surface area (TPSA) is 44.0 Å². The summed E-state index contributed by atoms with van der Waals surface area (Å²) in [4.78, 5) is 1.47. The summed E-state index contributed by atoms with van der Waals surface area (Å²) >= 11 is 1.31. The van der Waals surface area contributed by atoms with Crippen molar-refractivity contribution >= 4 is 11.8 Å². The minimum Gasteiger partial charge on any atom is -0.508 e. The van der Waals surface area contributed by atoms with Crippen molar-refractivity contribution in [1.82, 2.24) is 0 Å². The minimum absolute atomic E-state index is 0.163. The highest BCUT2D eigenvalue weighted by Crippen LogP contribution is 2.32. The third-order valence-corrected chi connectivity index (χ3v) is 3.17. The maximum atomic E-state index is 12.9. The molecule has 0 unspecified atom stereocenters. The normalized spacial score (nSPS) is 9.88. The van der Waals surface area contributed by atoms with Crippen molar-refractivity contribution in [1.29, 1.82) is 5.26 Å². The molecule has 0 aliphatic rings. The van der Waals surface area contributed by atoms with Gasteiger partial charge in [-0.25, -0.2) is 4.39 Å². The second-order valence-corrected chi connectivity index (χ2v) is 4.47. The molecule has 0 heterocycles. The second kappa shape index (κ2) is 4.89. The van der Waals surface area contributed by atoms with Crippen LogP contribution in [0.15, 0.2) is 52.3 Å². The molecule has 2 rings (SSSR count). The Morgan fingerprint density at radius 2 is 2.00 bits per heavy atom. The van der Waals surface area contributed by atoms with Gasteiger partial charge in [0.15, 0.2) is 0 Å². The van der Waals surface area contributed by atoms with Crippen molar-refractivity contribution in [3.05, 3.63) is 53.8 Å². The highest BCUT2D eigenvalue weighted by atomic mass is 32.2. The molecular formula is C13H8FNOS. The molecule has 2 nitrogen and oxygen atoms in total. The van der Waals surface area contributed by atoms with E-state index in [1.54, 1.807) is 24.3 Å². The van der Waals surface area contributed by atoms with E-state index in [0.717, 1.165) is 4.90 Å². The molecule has 17 heavy (non-hydrogen) atoms. The molecule has 0 aliphatic carbocycles. The molecule has 0 saturated heterocycles. The highest BCUT2D eigenvalue weighted by molar-refractivity contribution is 7.99. The van der Waals surface area contributed by atoms with Crippen LogP contribution in [0.5, 0.6) is 5.75 Å². The fourth-order valence-electron chi connectivity index (χ4n) is 1.35. The van der Waals surface area contributed by atoms with E-state index in [1.165, 1.54) is 23.9 Å². The number of benzene rings is 2. The lowest BCUT2D eigenvalue weighted by molar-refractivity contribution is 0.474. The molecular weight excluding hydrogens is 237 g/mol. The van der Waals surface area contributed by atoms with Crippen molar-refractivity contribution in [3.63, 3.8) is 0 Å². The molecule has 84 valence electrons. The lowest BCUT2D eigenvalue weighted by atomic mass is 10.2. The average molecular weight is 245 g/mol. The second-order valence-electron chi connectivity index (χ2n) is 3.35. The Balaban J connectivity index is 2.34. The van der Waals surface area contributed by atoms with Gasteiger partial charge >= 0.3 is 0 Å². The zero-order valence-electron chi connectivity index (χ0n) is 8.72. The Kier molecular flexibility index (Phi) is 3.31. The fourth-order valence-corrected chi connectivity index (χ4v) is 2.28. The molecule has 0 aliphatic heterocycles. The van der Waals surface area contributed by atoms with Gasteiger partial charge in [0.05, 0.1) is 5.56 Å². The van der Waals surface area contributed by atoms with E-state index < -0.39 is 5.82 Å². The summed E-state index contributed by atoms with van der Waals surface area (Å²) in [6.45, 7) is 0. The number of nitriles is 1. The highest BCUT2D eigenvalue weighted by Gasteiger charge is 2.06. The van der Waals surface area contributed by atoms with Gasteiger partial charge in [-0.2, -0.15) is 5.26 Å². The summed E-state index contributed by atoms with van der Waals surface area (Å²) in [6, 6.07) is 12.7. The number of rotatable bonds is 2. The number of phenols is 1. The Bertz CT molecular complexity index is 592.